The molecule has 0 spiro atoms. The summed E-state index contributed by atoms with van der Waals surface area (Å²) in [6.07, 6.45) is 1.13. The molecule has 5 heterocycles. The molecule has 0 saturated carbocycles. The molecule has 0 saturated heterocycles. The number of anilines is 1. The molecule has 4 aromatic heterocycles. The number of halogens is 7. The first kappa shape index (κ1) is 32.3. The van der Waals surface area contributed by atoms with Gasteiger partial charge in [0.25, 0.3) is 5.56 Å². The zero-order valence-corrected chi connectivity index (χ0v) is 25.7. The van der Waals surface area contributed by atoms with E-state index in [9.17, 15) is 31.5 Å². The van der Waals surface area contributed by atoms with Crippen LogP contribution >= 0.6 is 23.2 Å². The molecule has 1 N–H and O–H groups in total. The van der Waals surface area contributed by atoms with E-state index in [1.807, 2.05) is 0 Å². The first-order chi connectivity index (χ1) is 22.3. The van der Waals surface area contributed by atoms with Crippen molar-refractivity contribution in [2.75, 3.05) is 5.32 Å². The number of carbonyl (C=O) groups is 1. The number of alkyl halides is 5. The van der Waals surface area contributed by atoms with Crippen molar-refractivity contribution < 1.29 is 26.7 Å². The summed E-state index contributed by atoms with van der Waals surface area (Å²) in [7, 11) is 0. The van der Waals surface area contributed by atoms with Crippen molar-refractivity contribution in [1.29, 1.82) is 0 Å². The van der Waals surface area contributed by atoms with Crippen LogP contribution in [0.4, 0.5) is 27.6 Å². The lowest BCUT2D eigenvalue weighted by Gasteiger charge is -2.23. The summed E-state index contributed by atoms with van der Waals surface area (Å²) in [5.41, 5.74) is -0.510. The fourth-order valence-corrected chi connectivity index (χ4v) is 5.94. The van der Waals surface area contributed by atoms with Crippen molar-refractivity contribution in [2.45, 2.75) is 45.0 Å². The van der Waals surface area contributed by atoms with Gasteiger partial charge in [0.2, 0.25) is 5.91 Å². The van der Waals surface area contributed by atoms with Crippen LogP contribution in [-0.2, 0) is 11.0 Å². The topological polar surface area (TPSA) is 113 Å². The number of rotatable bonds is 4. The van der Waals surface area contributed by atoms with Crippen molar-refractivity contribution in [3.8, 4) is 28.1 Å². The maximum Gasteiger partial charge on any atom is 0.436 e. The summed E-state index contributed by atoms with van der Waals surface area (Å²) < 4.78 is 70.4. The molecule has 10 nitrogen and oxygen atoms in total. The molecule has 0 fully saturated rings. The van der Waals surface area contributed by atoms with Gasteiger partial charge in [-0.05, 0) is 43.2 Å². The third-order valence-electron chi connectivity index (χ3n) is 7.84. The highest BCUT2D eigenvalue weighted by atomic mass is 35.5. The molecule has 244 valence electrons. The molecule has 0 unspecified atom stereocenters. The highest BCUT2D eigenvalue weighted by Crippen LogP contribution is 2.37. The lowest BCUT2D eigenvalue weighted by atomic mass is 9.96. The average Bonchev–Trinajstić information content (AvgIpc) is 3.68. The van der Waals surface area contributed by atoms with Crippen LogP contribution in [0, 0.1) is 5.92 Å². The van der Waals surface area contributed by atoms with Gasteiger partial charge in [0.1, 0.15) is 0 Å². The van der Waals surface area contributed by atoms with Gasteiger partial charge in [-0.25, -0.2) is 9.36 Å². The van der Waals surface area contributed by atoms with Crippen LogP contribution < -0.4 is 10.9 Å². The highest BCUT2D eigenvalue weighted by Gasteiger charge is 2.35. The van der Waals surface area contributed by atoms with Gasteiger partial charge in [-0.1, -0.05) is 41.8 Å². The third-order valence-corrected chi connectivity index (χ3v) is 8.38. The second-order valence-corrected chi connectivity index (χ2v) is 11.8. The Bertz CT molecular complexity index is 2040. The van der Waals surface area contributed by atoms with E-state index < -0.39 is 35.9 Å². The van der Waals surface area contributed by atoms with E-state index in [1.165, 1.54) is 47.3 Å². The molecule has 0 radical (unpaired) electrons. The van der Waals surface area contributed by atoms with E-state index in [-0.39, 0.29) is 49.7 Å². The summed E-state index contributed by atoms with van der Waals surface area (Å²) in [4.78, 5) is 31.2. The van der Waals surface area contributed by atoms with Crippen molar-refractivity contribution in [1.82, 2.24) is 34.3 Å². The largest absolute Gasteiger partial charge is 0.436 e. The zero-order valence-electron chi connectivity index (χ0n) is 24.2. The Morgan fingerprint density at radius 2 is 1.81 bits per heavy atom. The lowest BCUT2D eigenvalue weighted by molar-refractivity contribution is -0.141. The zero-order chi connectivity index (χ0) is 33.6. The molecule has 1 aliphatic rings. The monoisotopic (exact) mass is 692 g/mol. The number of aromatic nitrogens is 7. The second-order valence-electron chi connectivity index (χ2n) is 10.9. The first-order valence-corrected chi connectivity index (χ1v) is 14.9. The van der Waals surface area contributed by atoms with Crippen LogP contribution in [0.5, 0.6) is 0 Å². The minimum Gasteiger partial charge on any atom is -0.323 e. The number of nitrogens with one attached hydrogen (secondary N) is 1. The molecule has 17 heteroatoms. The van der Waals surface area contributed by atoms with Gasteiger partial charge in [-0.2, -0.15) is 27.1 Å². The van der Waals surface area contributed by atoms with Crippen LogP contribution in [0.2, 0.25) is 10.0 Å². The SMILES string of the molecule is C[C@@H]1CCC[C@H](n2cc(Cl)c(-c3cc(Cl)ccc3-n3cc(C(F)(F)F)nn3)cc2=O)c2cc(ccn2)-c2c(cnn2C(F)F)NC1=O. The highest BCUT2D eigenvalue weighted by molar-refractivity contribution is 6.34. The predicted molar refractivity (Wildman–Crippen MR) is 163 cm³/mol. The Morgan fingerprint density at radius 1 is 1.02 bits per heavy atom. The summed E-state index contributed by atoms with van der Waals surface area (Å²) in [5, 5.41) is 13.6. The molecule has 1 aromatic carbocycles. The number of hydrogen-bond donors (Lipinski definition) is 1. The van der Waals surface area contributed by atoms with Crippen molar-refractivity contribution in [3.63, 3.8) is 0 Å². The Balaban J connectivity index is 1.47. The van der Waals surface area contributed by atoms with E-state index in [4.69, 9.17) is 23.2 Å². The number of benzene rings is 1. The molecule has 0 aliphatic carbocycles. The Morgan fingerprint density at radius 3 is 2.53 bits per heavy atom. The minimum atomic E-state index is -4.73. The first-order valence-electron chi connectivity index (χ1n) is 14.2. The molecular formula is C30H23Cl2F5N8O2. The number of nitrogens with zero attached hydrogens (tertiary/aromatic N) is 7. The molecular weight excluding hydrogens is 670 g/mol. The molecule has 2 bridgehead atoms. The van der Waals surface area contributed by atoms with Crippen LogP contribution in [0.25, 0.3) is 28.1 Å². The minimum absolute atomic E-state index is 0.0282. The second kappa shape index (κ2) is 12.5. The molecule has 2 atom stereocenters. The van der Waals surface area contributed by atoms with E-state index in [2.05, 4.69) is 25.7 Å². The number of amides is 1. The van der Waals surface area contributed by atoms with Gasteiger partial charge in [0.05, 0.1) is 46.2 Å². The van der Waals surface area contributed by atoms with Gasteiger partial charge in [-0.3, -0.25) is 14.6 Å². The van der Waals surface area contributed by atoms with Gasteiger partial charge in [0, 0.05) is 46.1 Å². The maximum absolute atomic E-state index is 14.0. The van der Waals surface area contributed by atoms with Crippen molar-refractivity contribution in [3.05, 3.63) is 93.0 Å². The van der Waals surface area contributed by atoms with E-state index in [0.717, 1.165) is 10.9 Å². The van der Waals surface area contributed by atoms with Crippen molar-refractivity contribution in [2.24, 2.45) is 5.92 Å². The number of carbonyl (C=O) groups excluding carboxylic acids is 1. The Hall–Kier alpha value is -4.63. The number of hydrogen-bond acceptors (Lipinski definition) is 6. The van der Waals surface area contributed by atoms with Crippen LogP contribution in [0.15, 0.2) is 66.0 Å². The summed E-state index contributed by atoms with van der Waals surface area (Å²) in [6.45, 7) is -1.30. The number of pyridine rings is 2. The summed E-state index contributed by atoms with van der Waals surface area (Å²) in [5.74, 6) is -0.870. The molecule has 6 rings (SSSR count). The molecule has 5 aromatic rings. The fraction of sp³-hybridized carbons (Fsp3) is 0.267. The molecule has 1 amide bonds. The lowest BCUT2D eigenvalue weighted by Crippen LogP contribution is -2.27. The average molecular weight is 693 g/mol. The quantitative estimate of drug-likeness (QED) is 0.196. The van der Waals surface area contributed by atoms with Gasteiger partial charge in [0.15, 0.2) is 5.69 Å². The van der Waals surface area contributed by atoms with Gasteiger partial charge in [-0.15, -0.1) is 5.10 Å². The van der Waals surface area contributed by atoms with Crippen LogP contribution in [0.3, 0.4) is 0 Å². The summed E-state index contributed by atoms with van der Waals surface area (Å²) in [6, 6.07) is 7.83. The smallest absolute Gasteiger partial charge is 0.323 e. The number of fused-ring (bicyclic) bond motifs is 4. The van der Waals surface area contributed by atoms with E-state index in [0.29, 0.717) is 35.8 Å². The fourth-order valence-electron chi connectivity index (χ4n) is 5.51. The Labute approximate surface area is 272 Å². The Kier molecular flexibility index (Phi) is 8.61. The van der Waals surface area contributed by atoms with E-state index >= 15 is 0 Å². The predicted octanol–water partition coefficient (Wildman–Crippen LogP) is 7.42. The molecule has 1 aliphatic heterocycles. The van der Waals surface area contributed by atoms with Crippen molar-refractivity contribution >= 4 is 34.8 Å². The standard InChI is InChI=1S/C30H23Cl2F5N8O2/c1-15-3-2-4-24(21-9-16(7-8-38-21)27-22(40-28(15)47)12-39-45(27)29(33)34)43-13-20(32)18(11-26(43)46)19-10-17(31)5-6-23(19)44-14-25(41-42-44)30(35,36)37/h5-15,24,29H,2-4H2,1H3,(H,40,47)/t15-,24+/m1/s1. The van der Waals surface area contributed by atoms with Crippen LogP contribution in [0.1, 0.15) is 50.2 Å². The van der Waals surface area contributed by atoms with Gasteiger partial charge < -0.3 is 9.88 Å². The van der Waals surface area contributed by atoms with Gasteiger partial charge >= 0.3 is 12.7 Å². The molecule has 47 heavy (non-hydrogen) atoms. The normalized spacial score (nSPS) is 17.2. The van der Waals surface area contributed by atoms with Crippen LogP contribution in [-0.4, -0.2) is 40.2 Å². The van der Waals surface area contributed by atoms with E-state index in [1.54, 1.807) is 13.0 Å². The third kappa shape index (κ3) is 6.37. The summed E-state index contributed by atoms with van der Waals surface area (Å²) >= 11 is 13.0. The maximum atomic E-state index is 14.0.